The molecule has 1 aromatic rings. The molecule has 7 heteroatoms. The highest BCUT2D eigenvalue weighted by Gasteiger charge is 2.38. The number of hydrogen-bond acceptors (Lipinski definition) is 4. The average molecular weight is 292 g/mol. The molecule has 21 heavy (non-hydrogen) atoms. The van der Waals surface area contributed by atoms with Gasteiger partial charge >= 0.3 is 5.82 Å². The first-order valence-electron chi connectivity index (χ1n) is 7.44. The summed E-state index contributed by atoms with van der Waals surface area (Å²) in [5, 5.41) is 14.4. The molecule has 0 saturated carbocycles. The van der Waals surface area contributed by atoms with Crippen molar-refractivity contribution >= 4 is 11.7 Å². The minimum Gasteiger partial charge on any atom is -0.358 e. The van der Waals surface area contributed by atoms with E-state index in [0.29, 0.717) is 11.7 Å². The number of nitrogens with zero attached hydrogens (tertiary/aromatic N) is 3. The van der Waals surface area contributed by atoms with E-state index in [-0.39, 0.29) is 17.8 Å². The average Bonchev–Trinajstić information content (AvgIpc) is 3.17. The zero-order valence-corrected chi connectivity index (χ0v) is 12.1. The molecular weight excluding hydrogens is 272 g/mol. The molecule has 7 nitrogen and oxygen atoms in total. The summed E-state index contributed by atoms with van der Waals surface area (Å²) in [7, 11) is 1.57. The third-order valence-electron chi connectivity index (χ3n) is 4.62. The van der Waals surface area contributed by atoms with Crippen molar-refractivity contribution in [1.29, 1.82) is 0 Å². The van der Waals surface area contributed by atoms with Crippen LogP contribution in [0, 0.1) is 10.1 Å². The minimum atomic E-state index is -0.462. The molecule has 2 fully saturated rings. The van der Waals surface area contributed by atoms with Gasteiger partial charge < -0.3 is 20.3 Å². The first-order valence-corrected chi connectivity index (χ1v) is 7.44. The number of nitro groups is 1. The van der Waals surface area contributed by atoms with Crippen LogP contribution in [0.25, 0.3) is 0 Å². The van der Waals surface area contributed by atoms with Crippen LogP contribution in [0.4, 0.5) is 5.82 Å². The van der Waals surface area contributed by atoms with Crippen LogP contribution in [0.5, 0.6) is 0 Å². The smallest absolute Gasteiger partial charge is 0.323 e. The molecule has 2 atom stereocenters. The third-order valence-corrected chi connectivity index (χ3v) is 4.62. The second kappa shape index (κ2) is 5.48. The Labute approximate surface area is 123 Å². The van der Waals surface area contributed by atoms with Gasteiger partial charge in [-0.1, -0.05) is 0 Å². The Kier molecular flexibility index (Phi) is 3.67. The molecule has 2 saturated heterocycles. The van der Waals surface area contributed by atoms with Crippen LogP contribution in [0.1, 0.15) is 36.2 Å². The number of hydrogen-bond donors (Lipinski definition) is 1. The molecule has 2 unspecified atom stereocenters. The summed E-state index contributed by atoms with van der Waals surface area (Å²) in [6.45, 7) is 1.75. The van der Waals surface area contributed by atoms with Crippen LogP contribution in [-0.2, 0) is 7.05 Å². The van der Waals surface area contributed by atoms with E-state index in [1.165, 1.54) is 10.6 Å². The number of aromatic nitrogens is 1. The topological polar surface area (TPSA) is 80.4 Å². The van der Waals surface area contributed by atoms with E-state index in [9.17, 15) is 14.9 Å². The molecule has 2 aliphatic heterocycles. The molecule has 3 rings (SSSR count). The van der Waals surface area contributed by atoms with Crippen LogP contribution in [0.15, 0.2) is 12.1 Å². The quantitative estimate of drug-likeness (QED) is 0.672. The highest BCUT2D eigenvalue weighted by molar-refractivity contribution is 5.93. The molecule has 0 spiro atoms. The molecule has 2 aliphatic rings. The second-order valence-corrected chi connectivity index (χ2v) is 5.80. The zero-order chi connectivity index (χ0) is 15.0. The van der Waals surface area contributed by atoms with Crippen LogP contribution in [0.3, 0.4) is 0 Å². The van der Waals surface area contributed by atoms with Crippen molar-refractivity contribution in [3.63, 3.8) is 0 Å². The first-order chi connectivity index (χ1) is 10.1. The predicted octanol–water partition coefficient (Wildman–Crippen LogP) is 1.29. The van der Waals surface area contributed by atoms with Crippen molar-refractivity contribution in [2.45, 2.75) is 37.8 Å². The van der Waals surface area contributed by atoms with Crippen LogP contribution in [0.2, 0.25) is 0 Å². The molecule has 0 radical (unpaired) electrons. The maximum absolute atomic E-state index is 12.7. The fourth-order valence-corrected chi connectivity index (χ4v) is 3.55. The summed E-state index contributed by atoms with van der Waals surface area (Å²) >= 11 is 0. The van der Waals surface area contributed by atoms with Crippen molar-refractivity contribution in [2.24, 2.45) is 7.05 Å². The van der Waals surface area contributed by atoms with Crippen LogP contribution >= 0.6 is 0 Å². The number of carbonyl (C=O) groups is 1. The van der Waals surface area contributed by atoms with Crippen molar-refractivity contribution in [3.05, 3.63) is 27.9 Å². The van der Waals surface area contributed by atoms with E-state index in [4.69, 9.17) is 0 Å². The summed E-state index contributed by atoms with van der Waals surface area (Å²) in [6, 6.07) is 3.53. The maximum Gasteiger partial charge on any atom is 0.323 e. The summed E-state index contributed by atoms with van der Waals surface area (Å²) in [6.07, 6.45) is 4.26. The lowest BCUT2D eigenvalue weighted by Crippen LogP contribution is -2.46. The Morgan fingerprint density at radius 2 is 2.19 bits per heavy atom. The minimum absolute atomic E-state index is 0.0481. The molecule has 1 amide bonds. The van der Waals surface area contributed by atoms with E-state index in [1.54, 1.807) is 13.1 Å². The van der Waals surface area contributed by atoms with Gasteiger partial charge in [0.1, 0.15) is 0 Å². The van der Waals surface area contributed by atoms with Crippen molar-refractivity contribution in [2.75, 3.05) is 13.1 Å². The predicted molar refractivity (Wildman–Crippen MR) is 77.2 cm³/mol. The fraction of sp³-hybridized carbons (Fsp3) is 0.643. The second-order valence-electron chi connectivity index (χ2n) is 5.80. The molecule has 3 heterocycles. The molecule has 114 valence electrons. The first kappa shape index (κ1) is 14.1. The molecule has 1 aromatic heterocycles. The van der Waals surface area contributed by atoms with Gasteiger partial charge in [0.25, 0.3) is 5.91 Å². The van der Waals surface area contributed by atoms with Gasteiger partial charge in [-0.15, -0.1) is 0 Å². The molecule has 0 aliphatic carbocycles. The molecule has 1 N–H and O–H groups in total. The maximum atomic E-state index is 12.7. The highest BCUT2D eigenvalue weighted by atomic mass is 16.6. The van der Waals surface area contributed by atoms with Crippen molar-refractivity contribution < 1.29 is 9.72 Å². The standard InChI is InChI=1S/C14H20N4O3/c1-16-12(6-7-13(16)18(20)21)14(19)17-9-3-5-11(17)10-4-2-8-15-10/h6-7,10-11,15H,2-5,8-9H2,1H3. The zero-order valence-electron chi connectivity index (χ0n) is 12.1. The highest BCUT2D eigenvalue weighted by Crippen LogP contribution is 2.27. The normalized spacial score (nSPS) is 25.5. The van der Waals surface area contributed by atoms with Gasteiger partial charge in [-0.3, -0.25) is 4.79 Å². The third kappa shape index (κ3) is 2.42. The largest absolute Gasteiger partial charge is 0.358 e. The lowest BCUT2D eigenvalue weighted by atomic mass is 10.0. The van der Waals surface area contributed by atoms with E-state index < -0.39 is 4.92 Å². The molecule has 0 aromatic carbocycles. The number of rotatable bonds is 3. The van der Waals surface area contributed by atoms with Gasteiger partial charge in [-0.25, -0.2) is 4.57 Å². The number of amides is 1. The van der Waals surface area contributed by atoms with Crippen LogP contribution < -0.4 is 5.32 Å². The Morgan fingerprint density at radius 1 is 1.38 bits per heavy atom. The van der Waals surface area contributed by atoms with Crippen LogP contribution in [-0.4, -0.2) is 45.5 Å². The summed E-state index contributed by atoms with van der Waals surface area (Å²) in [5.74, 6) is -0.144. The van der Waals surface area contributed by atoms with Gasteiger partial charge in [-0.05, 0) is 43.2 Å². The Morgan fingerprint density at radius 3 is 2.81 bits per heavy atom. The van der Waals surface area contributed by atoms with Gasteiger partial charge in [0.05, 0.1) is 7.05 Å². The lowest BCUT2D eigenvalue weighted by Gasteiger charge is -2.29. The number of carbonyl (C=O) groups excluding carboxylic acids is 1. The van der Waals surface area contributed by atoms with E-state index >= 15 is 0 Å². The Bertz CT molecular complexity index is 563. The number of nitrogens with one attached hydrogen (secondary N) is 1. The van der Waals surface area contributed by atoms with E-state index in [0.717, 1.165) is 38.8 Å². The summed E-state index contributed by atoms with van der Waals surface area (Å²) < 4.78 is 1.37. The van der Waals surface area contributed by atoms with E-state index in [2.05, 4.69) is 5.32 Å². The Balaban J connectivity index is 1.82. The SMILES string of the molecule is Cn1c(C(=O)N2CCCC2C2CCCN2)ccc1[N+](=O)[O-]. The summed E-state index contributed by atoms with van der Waals surface area (Å²) in [5.41, 5.74) is 0.395. The monoisotopic (exact) mass is 292 g/mol. The lowest BCUT2D eigenvalue weighted by molar-refractivity contribution is -0.391. The van der Waals surface area contributed by atoms with Gasteiger partial charge in [0, 0.05) is 24.7 Å². The Hall–Kier alpha value is -1.89. The van der Waals surface area contributed by atoms with E-state index in [1.807, 2.05) is 4.90 Å². The van der Waals surface area contributed by atoms with Gasteiger partial charge in [-0.2, -0.15) is 0 Å². The molecule has 0 bridgehead atoms. The van der Waals surface area contributed by atoms with Gasteiger partial charge in [0.2, 0.25) is 0 Å². The summed E-state index contributed by atoms with van der Waals surface area (Å²) in [4.78, 5) is 25.1. The number of likely N-dealkylation sites (tertiary alicyclic amines) is 1. The fourth-order valence-electron chi connectivity index (χ4n) is 3.55. The van der Waals surface area contributed by atoms with Crippen molar-refractivity contribution in [3.8, 4) is 0 Å². The molecular formula is C14H20N4O3. The van der Waals surface area contributed by atoms with Crippen molar-refractivity contribution in [1.82, 2.24) is 14.8 Å². The van der Waals surface area contributed by atoms with Gasteiger partial charge in [0.15, 0.2) is 5.69 Å².